The van der Waals surface area contributed by atoms with E-state index in [-0.39, 0.29) is 11.1 Å². The Morgan fingerprint density at radius 3 is 2.60 bits per heavy atom. The summed E-state index contributed by atoms with van der Waals surface area (Å²) >= 11 is 3.45. The van der Waals surface area contributed by atoms with E-state index in [1.165, 1.54) is 6.07 Å². The summed E-state index contributed by atoms with van der Waals surface area (Å²) in [4.78, 5) is 12.2. The summed E-state index contributed by atoms with van der Waals surface area (Å²) in [6.07, 6.45) is 3.82. The molecule has 2 nitrogen and oxygen atoms in total. The highest BCUT2D eigenvalue weighted by molar-refractivity contribution is 9.09. The number of alkyl halides is 1. The Bertz CT molecular complexity index is 499. The van der Waals surface area contributed by atoms with Crippen molar-refractivity contribution in [1.82, 2.24) is 5.32 Å². The molecule has 110 valence electrons. The molecule has 1 aliphatic carbocycles. The fourth-order valence-corrected chi connectivity index (χ4v) is 3.29. The minimum atomic E-state index is -0.823. The summed E-state index contributed by atoms with van der Waals surface area (Å²) in [5.41, 5.74) is -0.435. The fourth-order valence-electron chi connectivity index (χ4n) is 2.59. The normalized spacial score (nSPS) is 26.3. The van der Waals surface area contributed by atoms with Crippen molar-refractivity contribution in [2.45, 2.75) is 38.1 Å². The SMILES string of the molecule is CC1CCC(CBr)(NC(=O)c2ccc(F)cc2F)CC1. The third-order valence-corrected chi connectivity index (χ3v) is 5.11. The van der Waals surface area contributed by atoms with Gasteiger partial charge in [0.05, 0.1) is 11.1 Å². The monoisotopic (exact) mass is 345 g/mol. The van der Waals surface area contributed by atoms with Crippen LogP contribution in [0.5, 0.6) is 0 Å². The summed E-state index contributed by atoms with van der Waals surface area (Å²) in [7, 11) is 0. The lowest BCUT2D eigenvalue weighted by Gasteiger charge is -2.39. The molecule has 5 heteroatoms. The Labute approximate surface area is 126 Å². The van der Waals surface area contributed by atoms with Crippen molar-refractivity contribution in [3.63, 3.8) is 0 Å². The quantitative estimate of drug-likeness (QED) is 0.823. The summed E-state index contributed by atoms with van der Waals surface area (Å²) < 4.78 is 26.5. The van der Waals surface area contributed by atoms with Crippen molar-refractivity contribution in [3.05, 3.63) is 35.4 Å². The molecule has 1 amide bonds. The molecule has 0 heterocycles. The number of halogens is 3. The first-order chi connectivity index (χ1) is 9.46. The molecule has 1 fully saturated rings. The van der Waals surface area contributed by atoms with Crippen LogP contribution in [-0.4, -0.2) is 16.8 Å². The van der Waals surface area contributed by atoms with Gasteiger partial charge in [-0.1, -0.05) is 22.9 Å². The number of hydrogen-bond donors (Lipinski definition) is 1. The molecule has 2 rings (SSSR count). The van der Waals surface area contributed by atoms with Crippen molar-refractivity contribution < 1.29 is 13.6 Å². The molecule has 20 heavy (non-hydrogen) atoms. The Morgan fingerprint density at radius 2 is 2.05 bits per heavy atom. The highest BCUT2D eigenvalue weighted by Crippen LogP contribution is 2.33. The van der Waals surface area contributed by atoms with Crippen molar-refractivity contribution in [2.24, 2.45) is 5.92 Å². The molecule has 0 bridgehead atoms. The smallest absolute Gasteiger partial charge is 0.254 e. The molecule has 0 atom stereocenters. The van der Waals surface area contributed by atoms with E-state index in [4.69, 9.17) is 0 Å². The van der Waals surface area contributed by atoms with Gasteiger partial charge in [0.2, 0.25) is 0 Å². The molecule has 1 aliphatic rings. The molecular weight excluding hydrogens is 328 g/mol. The zero-order valence-electron chi connectivity index (χ0n) is 11.4. The number of benzene rings is 1. The second kappa shape index (κ2) is 6.20. The van der Waals surface area contributed by atoms with Crippen LogP contribution in [0.4, 0.5) is 8.78 Å². The van der Waals surface area contributed by atoms with Crippen molar-refractivity contribution in [3.8, 4) is 0 Å². The number of rotatable bonds is 3. The van der Waals surface area contributed by atoms with E-state index in [1.807, 2.05) is 0 Å². The highest BCUT2D eigenvalue weighted by Gasteiger charge is 2.35. The molecular formula is C15H18BrF2NO. The van der Waals surface area contributed by atoms with Gasteiger partial charge in [-0.3, -0.25) is 4.79 Å². The number of nitrogens with one attached hydrogen (secondary N) is 1. The molecule has 1 aromatic carbocycles. The standard InChI is InChI=1S/C15H18BrF2NO/c1-10-4-6-15(9-16,7-5-10)19-14(20)12-3-2-11(17)8-13(12)18/h2-3,8,10H,4-7,9H2,1H3,(H,19,20). The van der Waals surface area contributed by atoms with E-state index in [2.05, 4.69) is 28.2 Å². The maximum atomic E-state index is 13.6. The van der Waals surface area contributed by atoms with Gasteiger partial charge in [0, 0.05) is 11.4 Å². The van der Waals surface area contributed by atoms with Crippen LogP contribution in [0.15, 0.2) is 18.2 Å². The van der Waals surface area contributed by atoms with Crippen LogP contribution >= 0.6 is 15.9 Å². The van der Waals surface area contributed by atoms with Gasteiger partial charge in [0.25, 0.3) is 5.91 Å². The second-order valence-corrected chi connectivity index (χ2v) is 6.24. The summed E-state index contributed by atoms with van der Waals surface area (Å²) in [6, 6.07) is 3.02. The maximum absolute atomic E-state index is 13.6. The first-order valence-electron chi connectivity index (χ1n) is 6.79. The van der Waals surface area contributed by atoms with Gasteiger partial charge in [0.1, 0.15) is 11.6 Å². The number of amides is 1. The zero-order chi connectivity index (χ0) is 14.8. The maximum Gasteiger partial charge on any atom is 0.254 e. The summed E-state index contributed by atoms with van der Waals surface area (Å²) in [5, 5.41) is 3.57. The van der Waals surface area contributed by atoms with E-state index < -0.39 is 17.5 Å². The first-order valence-corrected chi connectivity index (χ1v) is 7.91. The Balaban J connectivity index is 2.13. The second-order valence-electron chi connectivity index (χ2n) is 5.67. The summed E-state index contributed by atoms with van der Waals surface area (Å²) in [5.74, 6) is -1.32. The van der Waals surface area contributed by atoms with Gasteiger partial charge in [-0.25, -0.2) is 8.78 Å². The fraction of sp³-hybridized carbons (Fsp3) is 0.533. The lowest BCUT2D eigenvalue weighted by Crippen LogP contribution is -2.52. The van der Waals surface area contributed by atoms with E-state index in [9.17, 15) is 13.6 Å². The van der Waals surface area contributed by atoms with E-state index >= 15 is 0 Å². The van der Waals surface area contributed by atoms with E-state index in [0.717, 1.165) is 37.8 Å². The third-order valence-electron chi connectivity index (χ3n) is 4.04. The van der Waals surface area contributed by atoms with Gasteiger partial charge < -0.3 is 5.32 Å². The van der Waals surface area contributed by atoms with Crippen LogP contribution in [-0.2, 0) is 0 Å². The molecule has 1 N–H and O–H groups in total. The van der Waals surface area contributed by atoms with E-state index in [0.29, 0.717) is 11.2 Å². The Morgan fingerprint density at radius 1 is 1.40 bits per heavy atom. The predicted molar refractivity (Wildman–Crippen MR) is 78.0 cm³/mol. The minimum absolute atomic E-state index is 0.106. The van der Waals surface area contributed by atoms with Crippen LogP contribution in [0.2, 0.25) is 0 Å². The van der Waals surface area contributed by atoms with Crippen molar-refractivity contribution >= 4 is 21.8 Å². The van der Waals surface area contributed by atoms with Crippen molar-refractivity contribution in [1.29, 1.82) is 0 Å². The predicted octanol–water partition coefficient (Wildman–Crippen LogP) is 4.04. The molecule has 0 radical (unpaired) electrons. The van der Waals surface area contributed by atoms with Gasteiger partial charge in [-0.05, 0) is 43.7 Å². The van der Waals surface area contributed by atoms with Crippen molar-refractivity contribution in [2.75, 3.05) is 5.33 Å². The lowest BCUT2D eigenvalue weighted by molar-refractivity contribution is 0.0870. The Kier molecular flexibility index (Phi) is 4.78. The zero-order valence-corrected chi connectivity index (χ0v) is 13.0. The number of hydrogen-bond acceptors (Lipinski definition) is 1. The van der Waals surface area contributed by atoms with Gasteiger partial charge in [-0.15, -0.1) is 0 Å². The van der Waals surface area contributed by atoms with E-state index in [1.54, 1.807) is 0 Å². The molecule has 0 saturated heterocycles. The number of carbonyl (C=O) groups is 1. The van der Waals surface area contributed by atoms with Gasteiger partial charge in [0.15, 0.2) is 0 Å². The third kappa shape index (κ3) is 3.37. The van der Waals surface area contributed by atoms with Crippen LogP contribution < -0.4 is 5.32 Å². The molecule has 1 aromatic rings. The topological polar surface area (TPSA) is 29.1 Å². The lowest BCUT2D eigenvalue weighted by atomic mass is 9.78. The molecule has 0 unspecified atom stereocenters. The molecule has 1 saturated carbocycles. The average Bonchev–Trinajstić information content (AvgIpc) is 2.41. The minimum Gasteiger partial charge on any atom is -0.346 e. The molecule has 0 aliphatic heterocycles. The molecule has 0 spiro atoms. The Hall–Kier alpha value is -0.970. The van der Waals surface area contributed by atoms with Crippen LogP contribution in [0.1, 0.15) is 43.0 Å². The first kappa shape index (κ1) is 15.4. The van der Waals surface area contributed by atoms with Gasteiger partial charge >= 0.3 is 0 Å². The van der Waals surface area contributed by atoms with Gasteiger partial charge in [-0.2, -0.15) is 0 Å². The largest absolute Gasteiger partial charge is 0.346 e. The highest BCUT2D eigenvalue weighted by atomic mass is 79.9. The molecule has 0 aromatic heterocycles. The average molecular weight is 346 g/mol. The van der Waals surface area contributed by atoms with Crippen LogP contribution in [0, 0.1) is 17.6 Å². The summed E-state index contributed by atoms with van der Waals surface area (Å²) in [6.45, 7) is 2.19. The number of carbonyl (C=O) groups excluding carboxylic acids is 1. The van der Waals surface area contributed by atoms with Crippen LogP contribution in [0.3, 0.4) is 0 Å². The van der Waals surface area contributed by atoms with Crippen LogP contribution in [0.25, 0.3) is 0 Å².